The molecule has 0 aliphatic carbocycles. The Hall–Kier alpha value is -2.18. The second kappa shape index (κ2) is 9.55. The highest BCUT2D eigenvalue weighted by Crippen LogP contribution is 2.43. The molecule has 2 N–H and O–H groups in total. The van der Waals surface area contributed by atoms with Gasteiger partial charge in [0.15, 0.2) is 5.60 Å². The Kier molecular flexibility index (Phi) is 7.09. The van der Waals surface area contributed by atoms with E-state index in [0.29, 0.717) is 10.6 Å². The lowest BCUT2D eigenvalue weighted by Gasteiger charge is -2.36. The molecule has 2 unspecified atom stereocenters. The third-order valence-corrected chi connectivity index (χ3v) is 5.28. The van der Waals surface area contributed by atoms with Crippen LogP contribution in [0.2, 0.25) is 5.02 Å². The number of carbonyl (C=O) groups excluding carboxylic acids is 1. The Morgan fingerprint density at radius 1 is 1.00 bits per heavy atom. The van der Waals surface area contributed by atoms with E-state index in [1.807, 2.05) is 79.7 Å². The van der Waals surface area contributed by atoms with Gasteiger partial charge in [0.25, 0.3) is 0 Å². The molecule has 3 aromatic carbocycles. The molecular formula is C23H21BrClNO3. The van der Waals surface area contributed by atoms with E-state index >= 15 is 0 Å². The zero-order valence-electron chi connectivity index (χ0n) is 15.8. The molecular weight excluding hydrogens is 454 g/mol. The average molecular weight is 475 g/mol. The van der Waals surface area contributed by atoms with Gasteiger partial charge in [-0.3, -0.25) is 4.79 Å². The predicted molar refractivity (Wildman–Crippen MR) is 118 cm³/mol. The molecule has 3 aromatic rings. The maximum Gasteiger partial charge on any atom is 0.326 e. The maximum atomic E-state index is 13.0. The largest absolute Gasteiger partial charge is 0.443 e. The van der Waals surface area contributed by atoms with Gasteiger partial charge in [0, 0.05) is 21.7 Å². The van der Waals surface area contributed by atoms with Gasteiger partial charge < -0.3 is 14.3 Å². The van der Waals surface area contributed by atoms with E-state index in [2.05, 4.69) is 16.3 Å². The number of hydrogen-bond donors (Lipinski definition) is 1. The number of esters is 1. The fourth-order valence-electron chi connectivity index (χ4n) is 3.22. The molecule has 0 saturated heterocycles. The number of nitrogens with two attached hydrogens (primary N) is 1. The van der Waals surface area contributed by atoms with Crippen molar-refractivity contribution in [3.8, 4) is 0 Å². The summed E-state index contributed by atoms with van der Waals surface area (Å²) in [5.74, 6) is -0.603. The summed E-state index contributed by atoms with van der Waals surface area (Å²) in [6.45, 7) is 1.97. The first kappa shape index (κ1) is 21.5. The van der Waals surface area contributed by atoms with Gasteiger partial charge in [0.1, 0.15) is 6.04 Å². The first-order valence-corrected chi connectivity index (χ1v) is 10.1. The number of halogens is 2. The SMILES string of the molecule is Cc1ccc(C(OC(=O)C(N)COBr)(c2ccccc2)c2ccccc2Cl)cc1. The third-order valence-electron chi connectivity index (χ3n) is 4.69. The van der Waals surface area contributed by atoms with Crippen LogP contribution < -0.4 is 5.73 Å². The van der Waals surface area contributed by atoms with Crippen LogP contribution in [0.4, 0.5) is 0 Å². The van der Waals surface area contributed by atoms with Crippen LogP contribution in [0.5, 0.6) is 0 Å². The molecule has 0 bridgehead atoms. The quantitative estimate of drug-likeness (QED) is 0.380. The number of rotatable bonds is 7. The minimum atomic E-state index is -1.27. The van der Waals surface area contributed by atoms with Crippen LogP contribution in [-0.4, -0.2) is 18.6 Å². The molecule has 0 heterocycles. The molecule has 150 valence electrons. The molecule has 3 rings (SSSR count). The van der Waals surface area contributed by atoms with Gasteiger partial charge in [-0.25, -0.2) is 0 Å². The van der Waals surface area contributed by atoms with Crippen LogP contribution in [0.15, 0.2) is 78.9 Å². The Morgan fingerprint density at radius 3 is 2.21 bits per heavy atom. The fourth-order valence-corrected chi connectivity index (χ4v) is 3.77. The normalized spacial score (nSPS) is 14.1. The fraction of sp³-hybridized carbons (Fsp3) is 0.174. The smallest absolute Gasteiger partial charge is 0.326 e. The number of aryl methyl sites for hydroxylation is 1. The lowest BCUT2D eigenvalue weighted by molar-refractivity contribution is -0.155. The predicted octanol–water partition coefficient (Wildman–Crippen LogP) is 5.14. The lowest BCUT2D eigenvalue weighted by atomic mass is 9.79. The van der Waals surface area contributed by atoms with Gasteiger partial charge in [0.05, 0.1) is 22.9 Å². The highest BCUT2D eigenvalue weighted by atomic mass is 79.9. The summed E-state index contributed by atoms with van der Waals surface area (Å²) in [7, 11) is 0. The van der Waals surface area contributed by atoms with E-state index in [0.717, 1.165) is 16.7 Å². The number of ether oxygens (including phenoxy) is 1. The molecule has 0 fully saturated rings. The zero-order chi connectivity index (χ0) is 20.9. The molecule has 0 spiro atoms. The lowest BCUT2D eigenvalue weighted by Crippen LogP contribution is -2.43. The molecule has 4 nitrogen and oxygen atoms in total. The van der Waals surface area contributed by atoms with Crippen molar-refractivity contribution in [1.29, 1.82) is 0 Å². The summed E-state index contributed by atoms with van der Waals surface area (Å²) < 4.78 is 11.0. The van der Waals surface area contributed by atoms with Crippen LogP contribution in [0, 0.1) is 6.92 Å². The summed E-state index contributed by atoms with van der Waals surface area (Å²) in [5, 5.41) is 0.482. The number of benzene rings is 3. The third kappa shape index (κ3) is 4.54. The van der Waals surface area contributed by atoms with Gasteiger partial charge in [-0.1, -0.05) is 90.0 Å². The van der Waals surface area contributed by atoms with Crippen molar-refractivity contribution in [2.24, 2.45) is 5.73 Å². The monoisotopic (exact) mass is 473 g/mol. The van der Waals surface area contributed by atoms with Crippen molar-refractivity contribution in [2.75, 3.05) is 6.61 Å². The summed E-state index contributed by atoms with van der Waals surface area (Å²) in [5.41, 5.74) is 7.97. The van der Waals surface area contributed by atoms with Crippen molar-refractivity contribution in [1.82, 2.24) is 0 Å². The molecule has 0 amide bonds. The zero-order valence-corrected chi connectivity index (χ0v) is 18.2. The Bertz CT molecular complexity index is 965. The number of carbonyl (C=O) groups is 1. The molecule has 0 saturated carbocycles. The van der Waals surface area contributed by atoms with E-state index < -0.39 is 17.6 Å². The molecule has 2 atom stereocenters. The van der Waals surface area contributed by atoms with Crippen LogP contribution in [-0.2, 0) is 19.0 Å². The molecule has 0 aliphatic rings. The summed E-state index contributed by atoms with van der Waals surface area (Å²) in [6, 6.07) is 23.7. The number of hydrogen-bond acceptors (Lipinski definition) is 4. The van der Waals surface area contributed by atoms with Gasteiger partial charge in [0.2, 0.25) is 0 Å². The Balaban J connectivity index is 2.28. The van der Waals surface area contributed by atoms with Crippen LogP contribution in [0.1, 0.15) is 22.3 Å². The highest BCUT2D eigenvalue weighted by molar-refractivity contribution is 9.06. The second-order valence-electron chi connectivity index (χ2n) is 6.70. The first-order valence-electron chi connectivity index (χ1n) is 9.08. The van der Waals surface area contributed by atoms with Crippen molar-refractivity contribution >= 4 is 33.8 Å². The minimum absolute atomic E-state index is 0.0277. The average Bonchev–Trinajstić information content (AvgIpc) is 2.74. The van der Waals surface area contributed by atoms with Crippen molar-refractivity contribution in [2.45, 2.75) is 18.6 Å². The van der Waals surface area contributed by atoms with Gasteiger partial charge in [-0.15, -0.1) is 0 Å². The standard InChI is InChI=1S/C23H21BrClNO3/c1-16-11-13-18(14-12-16)23(17-7-3-2-4-8-17,19-9-5-6-10-20(19)25)29-22(27)21(26)15-28-24/h2-14,21H,15,26H2,1H3. The molecule has 29 heavy (non-hydrogen) atoms. The van der Waals surface area contributed by atoms with Crippen LogP contribution >= 0.6 is 27.9 Å². The topological polar surface area (TPSA) is 61.5 Å². The van der Waals surface area contributed by atoms with E-state index in [1.165, 1.54) is 0 Å². The van der Waals surface area contributed by atoms with E-state index in [-0.39, 0.29) is 6.61 Å². The van der Waals surface area contributed by atoms with E-state index in [1.54, 1.807) is 6.07 Å². The maximum absolute atomic E-state index is 13.0. The molecule has 0 aliphatic heterocycles. The van der Waals surface area contributed by atoms with Crippen LogP contribution in [0.25, 0.3) is 0 Å². The van der Waals surface area contributed by atoms with E-state index in [4.69, 9.17) is 25.9 Å². The van der Waals surface area contributed by atoms with Gasteiger partial charge >= 0.3 is 5.97 Å². The minimum Gasteiger partial charge on any atom is -0.443 e. The highest BCUT2D eigenvalue weighted by Gasteiger charge is 2.43. The summed E-state index contributed by atoms with van der Waals surface area (Å²) in [6.07, 6.45) is 0. The van der Waals surface area contributed by atoms with Gasteiger partial charge in [-0.05, 0) is 13.0 Å². The summed E-state index contributed by atoms with van der Waals surface area (Å²) >= 11 is 9.45. The van der Waals surface area contributed by atoms with Crippen molar-refractivity contribution in [3.05, 3.63) is 106 Å². The Morgan fingerprint density at radius 2 is 1.59 bits per heavy atom. The second-order valence-corrected chi connectivity index (χ2v) is 7.56. The molecule has 0 radical (unpaired) electrons. The van der Waals surface area contributed by atoms with Gasteiger partial charge in [-0.2, -0.15) is 0 Å². The molecule has 0 aromatic heterocycles. The first-order chi connectivity index (χ1) is 14.0. The van der Waals surface area contributed by atoms with Crippen molar-refractivity contribution < 1.29 is 13.4 Å². The summed E-state index contributed by atoms with van der Waals surface area (Å²) in [4.78, 5) is 13.0. The van der Waals surface area contributed by atoms with E-state index in [9.17, 15) is 4.79 Å². The molecule has 6 heteroatoms. The van der Waals surface area contributed by atoms with Crippen LogP contribution in [0.3, 0.4) is 0 Å². The van der Waals surface area contributed by atoms with Crippen molar-refractivity contribution in [3.63, 3.8) is 0 Å². The Labute approximate surface area is 184 Å².